The number of aliphatic hydroxyl groups is 1. The van der Waals surface area contributed by atoms with Crippen LogP contribution < -0.4 is 10.2 Å². The van der Waals surface area contributed by atoms with E-state index in [0.29, 0.717) is 19.1 Å². The second-order valence-corrected chi connectivity index (χ2v) is 7.18. The van der Waals surface area contributed by atoms with Crippen LogP contribution in [0.2, 0.25) is 0 Å². The lowest BCUT2D eigenvalue weighted by molar-refractivity contribution is -0.117. The van der Waals surface area contributed by atoms with Crippen LogP contribution in [0.5, 0.6) is 0 Å². The first-order valence-electron chi connectivity index (χ1n) is 9.20. The average molecular weight is 347 g/mol. The van der Waals surface area contributed by atoms with Gasteiger partial charge in [0.05, 0.1) is 25.4 Å². The Morgan fingerprint density at radius 3 is 2.44 bits per heavy atom. The number of nitrogens with one attached hydrogen (secondary N) is 1. The highest BCUT2D eigenvalue weighted by molar-refractivity contribution is 5.92. The Kier molecular flexibility index (Phi) is 5.93. The highest BCUT2D eigenvalue weighted by Gasteiger charge is 2.29. The molecule has 6 nitrogen and oxygen atoms in total. The van der Waals surface area contributed by atoms with Gasteiger partial charge in [0.15, 0.2) is 0 Å². The van der Waals surface area contributed by atoms with Crippen LogP contribution in [-0.4, -0.2) is 66.9 Å². The summed E-state index contributed by atoms with van der Waals surface area (Å²) >= 11 is 0. The van der Waals surface area contributed by atoms with E-state index >= 15 is 0 Å². The molecule has 1 amide bonds. The molecule has 2 atom stereocenters. The monoisotopic (exact) mass is 347 g/mol. The topological polar surface area (TPSA) is 65.0 Å². The Bertz CT molecular complexity index is 564. The lowest BCUT2D eigenvalue weighted by Gasteiger charge is -2.36. The summed E-state index contributed by atoms with van der Waals surface area (Å²) in [5.41, 5.74) is 1.96. The summed E-state index contributed by atoms with van der Waals surface area (Å²) in [5, 5.41) is 12.1. The van der Waals surface area contributed by atoms with Crippen LogP contribution in [0.15, 0.2) is 24.3 Å². The maximum absolute atomic E-state index is 12.2. The van der Waals surface area contributed by atoms with E-state index in [1.54, 1.807) is 0 Å². The summed E-state index contributed by atoms with van der Waals surface area (Å²) < 4.78 is 5.77. The minimum absolute atomic E-state index is 0.0262. The molecule has 1 saturated heterocycles. The van der Waals surface area contributed by atoms with Gasteiger partial charge in [-0.25, -0.2) is 0 Å². The van der Waals surface area contributed by atoms with E-state index in [2.05, 4.69) is 29.0 Å². The number of morpholine rings is 1. The van der Waals surface area contributed by atoms with Crippen LogP contribution in [0.4, 0.5) is 11.4 Å². The Morgan fingerprint density at radius 2 is 1.88 bits per heavy atom. The minimum atomic E-state index is -0.0262. The van der Waals surface area contributed by atoms with Crippen LogP contribution >= 0.6 is 0 Å². The fraction of sp³-hybridized carbons (Fsp3) is 0.632. The van der Waals surface area contributed by atoms with Gasteiger partial charge in [0.1, 0.15) is 0 Å². The predicted molar refractivity (Wildman–Crippen MR) is 99.0 cm³/mol. The van der Waals surface area contributed by atoms with E-state index in [1.165, 1.54) is 0 Å². The van der Waals surface area contributed by atoms with Crippen molar-refractivity contribution in [2.75, 3.05) is 43.0 Å². The fourth-order valence-electron chi connectivity index (χ4n) is 3.49. The van der Waals surface area contributed by atoms with Gasteiger partial charge in [-0.15, -0.1) is 0 Å². The van der Waals surface area contributed by atoms with Crippen molar-refractivity contribution in [2.45, 2.75) is 44.9 Å². The van der Waals surface area contributed by atoms with Crippen LogP contribution in [0.25, 0.3) is 0 Å². The summed E-state index contributed by atoms with van der Waals surface area (Å²) in [4.78, 5) is 16.6. The molecule has 138 valence electrons. The van der Waals surface area contributed by atoms with Gasteiger partial charge in [0, 0.05) is 37.1 Å². The molecule has 3 rings (SSSR count). The van der Waals surface area contributed by atoms with Gasteiger partial charge in [0.25, 0.3) is 0 Å². The number of amides is 1. The van der Waals surface area contributed by atoms with Gasteiger partial charge in [0.2, 0.25) is 5.91 Å². The Hall–Kier alpha value is -1.63. The Balaban J connectivity index is 1.54. The molecule has 1 aromatic carbocycles. The molecule has 2 aliphatic rings. The third-order valence-electron chi connectivity index (χ3n) is 4.73. The van der Waals surface area contributed by atoms with Crippen molar-refractivity contribution in [3.8, 4) is 0 Å². The first-order chi connectivity index (χ1) is 12.0. The van der Waals surface area contributed by atoms with Gasteiger partial charge in [-0.2, -0.15) is 0 Å². The van der Waals surface area contributed by atoms with E-state index in [1.807, 2.05) is 24.3 Å². The van der Waals surface area contributed by atoms with Crippen LogP contribution in [0.3, 0.4) is 0 Å². The smallest absolute Gasteiger partial charge is 0.238 e. The van der Waals surface area contributed by atoms with E-state index in [4.69, 9.17) is 9.84 Å². The van der Waals surface area contributed by atoms with Crippen molar-refractivity contribution in [1.29, 1.82) is 0 Å². The second-order valence-electron chi connectivity index (χ2n) is 7.18. The molecule has 1 saturated carbocycles. The number of carbonyl (C=O) groups excluding carboxylic acids is 1. The number of carbonyl (C=O) groups is 1. The standard InChI is InChI=1S/C19H29N3O3/c1-14-11-22(12-15(2)25-14)18-5-3-16(4-6-18)20-19(24)13-21(9-10-23)17-7-8-17/h3-6,14-15,17,23H,7-13H2,1-2H3,(H,20,24)/t14-,15-/m0/s1. The normalized spacial score (nSPS) is 23.8. The van der Waals surface area contributed by atoms with Crippen LogP contribution in [-0.2, 0) is 9.53 Å². The molecule has 6 heteroatoms. The molecule has 0 aromatic heterocycles. The third-order valence-corrected chi connectivity index (χ3v) is 4.73. The zero-order valence-electron chi connectivity index (χ0n) is 15.1. The van der Waals surface area contributed by atoms with Crippen molar-refractivity contribution < 1.29 is 14.6 Å². The molecule has 0 unspecified atom stereocenters. The first-order valence-corrected chi connectivity index (χ1v) is 9.20. The maximum Gasteiger partial charge on any atom is 0.238 e. The van der Waals surface area contributed by atoms with Crippen molar-refractivity contribution in [3.63, 3.8) is 0 Å². The van der Waals surface area contributed by atoms with E-state index in [-0.39, 0.29) is 24.7 Å². The summed E-state index contributed by atoms with van der Waals surface area (Å²) in [6, 6.07) is 8.46. The molecule has 0 spiro atoms. The van der Waals surface area contributed by atoms with Gasteiger partial charge in [-0.3, -0.25) is 9.69 Å². The van der Waals surface area contributed by atoms with Gasteiger partial charge in [-0.1, -0.05) is 0 Å². The largest absolute Gasteiger partial charge is 0.395 e. The Labute approximate surface area is 149 Å². The summed E-state index contributed by atoms with van der Waals surface area (Å²) in [6.07, 6.45) is 2.70. The number of hydrogen-bond donors (Lipinski definition) is 2. The lowest BCUT2D eigenvalue weighted by atomic mass is 10.2. The van der Waals surface area contributed by atoms with Crippen molar-refractivity contribution in [1.82, 2.24) is 4.90 Å². The fourth-order valence-corrected chi connectivity index (χ4v) is 3.49. The summed E-state index contributed by atoms with van der Waals surface area (Å²) in [6.45, 7) is 6.94. The number of benzene rings is 1. The molecular weight excluding hydrogens is 318 g/mol. The highest BCUT2D eigenvalue weighted by atomic mass is 16.5. The molecule has 2 N–H and O–H groups in total. The number of hydrogen-bond acceptors (Lipinski definition) is 5. The van der Waals surface area contributed by atoms with Crippen LogP contribution in [0.1, 0.15) is 26.7 Å². The van der Waals surface area contributed by atoms with Gasteiger partial charge < -0.3 is 20.1 Å². The molecule has 1 aliphatic carbocycles. The minimum Gasteiger partial charge on any atom is -0.395 e. The highest BCUT2D eigenvalue weighted by Crippen LogP contribution is 2.26. The van der Waals surface area contributed by atoms with Crippen molar-refractivity contribution in [2.24, 2.45) is 0 Å². The zero-order chi connectivity index (χ0) is 17.8. The second kappa shape index (κ2) is 8.17. The zero-order valence-corrected chi connectivity index (χ0v) is 15.1. The quantitative estimate of drug-likeness (QED) is 0.786. The van der Waals surface area contributed by atoms with E-state index in [0.717, 1.165) is 37.3 Å². The lowest BCUT2D eigenvalue weighted by Crippen LogP contribution is -2.45. The summed E-state index contributed by atoms with van der Waals surface area (Å²) in [5.74, 6) is -0.0262. The number of anilines is 2. The molecule has 1 aliphatic heterocycles. The SMILES string of the molecule is C[C@H]1CN(c2ccc(NC(=O)CN(CCO)C3CC3)cc2)C[C@H](C)O1. The molecule has 25 heavy (non-hydrogen) atoms. The molecular formula is C19H29N3O3. The molecule has 1 aromatic rings. The van der Waals surface area contributed by atoms with Crippen molar-refractivity contribution >= 4 is 17.3 Å². The number of nitrogens with zero attached hydrogens (tertiary/aromatic N) is 2. The molecule has 1 heterocycles. The molecule has 2 fully saturated rings. The van der Waals surface area contributed by atoms with Crippen LogP contribution in [0, 0.1) is 0 Å². The first kappa shape index (κ1) is 18.2. The van der Waals surface area contributed by atoms with Gasteiger partial charge in [-0.05, 0) is 51.0 Å². The average Bonchev–Trinajstić information content (AvgIpc) is 3.39. The predicted octanol–water partition coefficient (Wildman–Crippen LogP) is 1.70. The Morgan fingerprint density at radius 1 is 1.24 bits per heavy atom. The number of ether oxygens (including phenoxy) is 1. The van der Waals surface area contributed by atoms with E-state index in [9.17, 15) is 4.79 Å². The summed E-state index contributed by atoms with van der Waals surface area (Å²) in [7, 11) is 0. The van der Waals surface area contributed by atoms with Gasteiger partial charge >= 0.3 is 0 Å². The molecule has 0 bridgehead atoms. The van der Waals surface area contributed by atoms with Crippen molar-refractivity contribution in [3.05, 3.63) is 24.3 Å². The third kappa shape index (κ3) is 5.17. The number of rotatable bonds is 7. The molecule has 0 radical (unpaired) electrons. The maximum atomic E-state index is 12.2. The van der Waals surface area contributed by atoms with E-state index < -0.39 is 0 Å². The number of aliphatic hydroxyl groups excluding tert-OH is 1.